The number of sulfonamides is 1. The highest BCUT2D eigenvalue weighted by molar-refractivity contribution is 7.89. The smallest absolute Gasteiger partial charge is 0.212 e. The molecular weight excluding hydrogens is 244 g/mol. The highest BCUT2D eigenvalue weighted by atomic mass is 32.2. The van der Waals surface area contributed by atoms with Crippen LogP contribution in [-0.2, 0) is 10.0 Å². The minimum atomic E-state index is -3.55. The first kappa shape index (κ1) is 13.3. The van der Waals surface area contributed by atoms with Crippen molar-refractivity contribution in [1.82, 2.24) is 0 Å². The molecule has 0 aromatic heterocycles. The van der Waals surface area contributed by atoms with E-state index in [4.69, 9.17) is 19.9 Å². The van der Waals surface area contributed by atoms with E-state index < -0.39 is 10.0 Å². The monoisotopic (exact) mass is 256 g/mol. The fraction of sp³-hybridized carbons (Fsp3) is 0.300. The van der Waals surface area contributed by atoms with Gasteiger partial charge in [-0.25, -0.2) is 13.6 Å². The van der Waals surface area contributed by atoms with Crippen molar-refractivity contribution in [2.45, 2.75) is 0 Å². The van der Waals surface area contributed by atoms with E-state index in [2.05, 4.69) is 0 Å². The van der Waals surface area contributed by atoms with Gasteiger partial charge in [0.15, 0.2) is 0 Å². The summed E-state index contributed by atoms with van der Waals surface area (Å²) >= 11 is 0. The molecule has 1 aromatic carbocycles. The highest BCUT2D eigenvalue weighted by Gasteiger charge is 2.05. The average molecular weight is 256 g/mol. The molecule has 2 N–H and O–H groups in total. The first-order chi connectivity index (χ1) is 7.94. The standard InChI is InChI=1S/C10H12N2O4S/c1-15-9-4-8(7-11)5-10(6-9)16-2-3-17(12,13)14/h4-6H,2-3H2,1H3,(H2,12,13,14). The summed E-state index contributed by atoms with van der Waals surface area (Å²) in [7, 11) is -2.08. The summed E-state index contributed by atoms with van der Waals surface area (Å²) in [5, 5.41) is 13.6. The molecule has 0 atom stereocenters. The van der Waals surface area contributed by atoms with Gasteiger partial charge in [0.05, 0.1) is 24.5 Å². The minimum Gasteiger partial charge on any atom is -0.497 e. The lowest BCUT2D eigenvalue weighted by Gasteiger charge is -2.07. The number of nitrogens with zero attached hydrogens (tertiary/aromatic N) is 1. The van der Waals surface area contributed by atoms with Gasteiger partial charge in [-0.1, -0.05) is 0 Å². The molecule has 17 heavy (non-hydrogen) atoms. The van der Waals surface area contributed by atoms with Crippen molar-refractivity contribution in [2.75, 3.05) is 19.5 Å². The predicted molar refractivity (Wildman–Crippen MR) is 61.2 cm³/mol. The molecule has 7 heteroatoms. The van der Waals surface area contributed by atoms with Gasteiger partial charge in [0, 0.05) is 6.07 Å². The molecule has 0 saturated carbocycles. The van der Waals surface area contributed by atoms with Crippen LogP contribution in [0.3, 0.4) is 0 Å². The van der Waals surface area contributed by atoms with E-state index in [0.717, 1.165) is 0 Å². The number of benzene rings is 1. The van der Waals surface area contributed by atoms with Gasteiger partial charge in [0.2, 0.25) is 10.0 Å². The van der Waals surface area contributed by atoms with Crippen molar-refractivity contribution >= 4 is 10.0 Å². The van der Waals surface area contributed by atoms with Crippen LogP contribution >= 0.6 is 0 Å². The van der Waals surface area contributed by atoms with Crippen molar-refractivity contribution in [3.63, 3.8) is 0 Å². The molecule has 0 aliphatic rings. The Hall–Kier alpha value is -1.78. The fourth-order valence-electron chi connectivity index (χ4n) is 1.11. The quantitative estimate of drug-likeness (QED) is 0.812. The van der Waals surface area contributed by atoms with E-state index in [0.29, 0.717) is 17.1 Å². The number of ether oxygens (including phenoxy) is 2. The SMILES string of the molecule is COc1cc(C#N)cc(OCCS(N)(=O)=O)c1. The number of primary sulfonamides is 1. The van der Waals surface area contributed by atoms with Crippen LogP contribution in [0.1, 0.15) is 5.56 Å². The Bertz CT molecular complexity index is 534. The summed E-state index contributed by atoms with van der Waals surface area (Å²) in [5.41, 5.74) is 0.370. The van der Waals surface area contributed by atoms with E-state index in [9.17, 15) is 8.42 Å². The van der Waals surface area contributed by atoms with E-state index in [1.165, 1.54) is 13.2 Å². The summed E-state index contributed by atoms with van der Waals surface area (Å²) in [5.74, 6) is 0.547. The summed E-state index contributed by atoms with van der Waals surface area (Å²) in [6.45, 7) is -0.0726. The number of hydrogen-bond acceptors (Lipinski definition) is 5. The molecule has 0 heterocycles. The molecule has 0 fully saturated rings. The summed E-state index contributed by atoms with van der Waals surface area (Å²) < 4.78 is 31.5. The Morgan fingerprint density at radius 2 is 2.00 bits per heavy atom. The van der Waals surface area contributed by atoms with Crippen molar-refractivity contribution in [3.8, 4) is 17.6 Å². The number of nitrogens with two attached hydrogens (primary N) is 1. The van der Waals surface area contributed by atoms with Gasteiger partial charge >= 0.3 is 0 Å². The highest BCUT2D eigenvalue weighted by Crippen LogP contribution is 2.22. The number of rotatable bonds is 5. The lowest BCUT2D eigenvalue weighted by Crippen LogP contribution is -2.21. The van der Waals surface area contributed by atoms with Gasteiger partial charge < -0.3 is 9.47 Å². The fourth-order valence-corrected chi connectivity index (χ4v) is 1.43. The lowest BCUT2D eigenvalue weighted by molar-refractivity contribution is 0.336. The van der Waals surface area contributed by atoms with Crippen molar-refractivity contribution in [3.05, 3.63) is 23.8 Å². The zero-order valence-corrected chi connectivity index (χ0v) is 10.0. The van der Waals surface area contributed by atoms with Crippen LogP contribution in [-0.4, -0.2) is 27.9 Å². The predicted octanol–water partition coefficient (Wildman–Crippen LogP) is 0.234. The second-order valence-corrected chi connectivity index (χ2v) is 4.96. The second kappa shape index (κ2) is 5.52. The third-order valence-electron chi connectivity index (χ3n) is 1.88. The molecule has 0 bridgehead atoms. The van der Waals surface area contributed by atoms with E-state index >= 15 is 0 Å². The number of methoxy groups -OCH3 is 1. The molecule has 0 unspecified atom stereocenters. The molecule has 1 aromatic rings. The Morgan fingerprint density at radius 1 is 1.35 bits per heavy atom. The number of nitriles is 1. The summed E-state index contributed by atoms with van der Waals surface area (Å²) in [4.78, 5) is 0. The Balaban J connectivity index is 2.74. The average Bonchev–Trinajstić information content (AvgIpc) is 2.26. The van der Waals surface area contributed by atoms with Crippen LogP contribution in [0.5, 0.6) is 11.5 Å². The van der Waals surface area contributed by atoms with Crippen LogP contribution in [0, 0.1) is 11.3 Å². The maximum Gasteiger partial charge on any atom is 0.212 e. The van der Waals surface area contributed by atoms with Crippen LogP contribution in [0.2, 0.25) is 0 Å². The molecule has 0 aliphatic carbocycles. The van der Waals surface area contributed by atoms with Gasteiger partial charge in [-0.05, 0) is 12.1 Å². The van der Waals surface area contributed by atoms with E-state index in [1.54, 1.807) is 12.1 Å². The Labute approximate surface area is 99.6 Å². The zero-order chi connectivity index (χ0) is 12.9. The Kier molecular flexibility index (Phi) is 4.31. The summed E-state index contributed by atoms with van der Waals surface area (Å²) in [6, 6.07) is 6.55. The second-order valence-electron chi connectivity index (χ2n) is 3.22. The largest absolute Gasteiger partial charge is 0.497 e. The molecule has 0 saturated heterocycles. The van der Waals surface area contributed by atoms with Crippen LogP contribution < -0.4 is 14.6 Å². The van der Waals surface area contributed by atoms with Gasteiger partial charge in [-0.3, -0.25) is 0 Å². The Morgan fingerprint density at radius 3 is 2.53 bits per heavy atom. The van der Waals surface area contributed by atoms with Crippen LogP contribution in [0.15, 0.2) is 18.2 Å². The maximum atomic E-state index is 10.7. The van der Waals surface area contributed by atoms with Crippen molar-refractivity contribution in [1.29, 1.82) is 5.26 Å². The van der Waals surface area contributed by atoms with Crippen molar-refractivity contribution < 1.29 is 17.9 Å². The third-order valence-corrected chi connectivity index (χ3v) is 2.62. The molecule has 0 spiro atoms. The topological polar surface area (TPSA) is 102 Å². The van der Waals surface area contributed by atoms with Crippen molar-refractivity contribution in [2.24, 2.45) is 5.14 Å². The first-order valence-corrected chi connectivity index (χ1v) is 6.38. The van der Waals surface area contributed by atoms with E-state index in [1.807, 2.05) is 6.07 Å². The van der Waals surface area contributed by atoms with Gasteiger partial charge in [0.25, 0.3) is 0 Å². The molecule has 0 radical (unpaired) electrons. The van der Waals surface area contributed by atoms with Crippen LogP contribution in [0.4, 0.5) is 0 Å². The molecular formula is C10H12N2O4S. The van der Waals surface area contributed by atoms with Gasteiger partial charge in [-0.2, -0.15) is 5.26 Å². The minimum absolute atomic E-state index is 0.0726. The maximum absolute atomic E-state index is 10.7. The molecule has 1 rings (SSSR count). The molecule has 6 nitrogen and oxygen atoms in total. The third kappa shape index (κ3) is 4.72. The molecule has 0 aliphatic heterocycles. The molecule has 92 valence electrons. The zero-order valence-electron chi connectivity index (χ0n) is 9.21. The first-order valence-electron chi connectivity index (χ1n) is 4.67. The van der Waals surface area contributed by atoms with Gasteiger partial charge in [0.1, 0.15) is 18.1 Å². The van der Waals surface area contributed by atoms with Crippen LogP contribution in [0.25, 0.3) is 0 Å². The normalized spacial score (nSPS) is 10.6. The molecule has 0 amide bonds. The van der Waals surface area contributed by atoms with Gasteiger partial charge in [-0.15, -0.1) is 0 Å². The lowest BCUT2D eigenvalue weighted by atomic mass is 10.2. The van der Waals surface area contributed by atoms with E-state index in [-0.39, 0.29) is 12.4 Å². The number of hydrogen-bond donors (Lipinski definition) is 1. The summed E-state index contributed by atoms with van der Waals surface area (Å²) in [6.07, 6.45) is 0.